The Kier molecular flexibility index (Phi) is 6.77. The van der Waals surface area contributed by atoms with E-state index >= 15 is 0 Å². The Morgan fingerprint density at radius 1 is 1.28 bits per heavy atom. The first-order chi connectivity index (χ1) is 14.1. The summed E-state index contributed by atoms with van der Waals surface area (Å²) in [6.45, 7) is 9.32. The second kappa shape index (κ2) is 9.49. The number of rotatable bonds is 6. The molecule has 2 saturated heterocycles. The van der Waals surface area contributed by atoms with Gasteiger partial charge in [0.1, 0.15) is 5.82 Å². The lowest BCUT2D eigenvalue weighted by Crippen LogP contribution is -2.27. The average molecular weight is 431 g/mol. The molecule has 1 amide bonds. The van der Waals surface area contributed by atoms with Gasteiger partial charge in [-0.2, -0.15) is 0 Å². The third-order valence-corrected chi connectivity index (χ3v) is 8.20. The Balaban J connectivity index is 1.37. The lowest BCUT2D eigenvalue weighted by Gasteiger charge is -2.28. The number of amides is 1. The summed E-state index contributed by atoms with van der Waals surface area (Å²) >= 11 is 3.40. The Labute approximate surface area is 182 Å². The van der Waals surface area contributed by atoms with Gasteiger partial charge < -0.3 is 10.2 Å². The molecule has 0 bridgehead atoms. The fourth-order valence-electron chi connectivity index (χ4n) is 3.93. The number of hydrogen-bond acceptors (Lipinski definition) is 6. The van der Waals surface area contributed by atoms with Gasteiger partial charge in [0.15, 0.2) is 0 Å². The van der Waals surface area contributed by atoms with E-state index in [4.69, 9.17) is 0 Å². The van der Waals surface area contributed by atoms with Crippen molar-refractivity contribution in [3.05, 3.63) is 39.7 Å². The molecule has 2 aliphatic heterocycles. The number of nitrogens with one attached hydrogen (secondary N) is 1. The molecule has 2 aromatic rings. The molecule has 0 saturated carbocycles. The summed E-state index contributed by atoms with van der Waals surface area (Å²) in [4.78, 5) is 22.9. The molecule has 0 atom stereocenters. The molecule has 0 aliphatic carbocycles. The van der Waals surface area contributed by atoms with Gasteiger partial charge in [0.25, 0.3) is 5.91 Å². The van der Waals surface area contributed by atoms with Gasteiger partial charge >= 0.3 is 0 Å². The zero-order valence-corrected chi connectivity index (χ0v) is 19.0. The van der Waals surface area contributed by atoms with E-state index in [0.717, 1.165) is 48.4 Å². The van der Waals surface area contributed by atoms with Gasteiger partial charge in [-0.3, -0.25) is 4.79 Å². The quantitative estimate of drug-likeness (QED) is 0.672. The summed E-state index contributed by atoms with van der Waals surface area (Å²) in [5.41, 5.74) is 1.09. The van der Waals surface area contributed by atoms with Crippen LogP contribution in [0, 0.1) is 12.8 Å². The number of pyridine rings is 1. The molecule has 5 nitrogen and oxygen atoms in total. The van der Waals surface area contributed by atoms with Gasteiger partial charge in [-0.05, 0) is 62.6 Å². The number of carbonyl (C=O) groups is 1. The normalized spacial score (nSPS) is 18.3. The highest BCUT2D eigenvalue weighted by Gasteiger charge is 2.21. The van der Waals surface area contributed by atoms with Crippen molar-refractivity contribution in [1.29, 1.82) is 0 Å². The van der Waals surface area contributed by atoms with Crippen molar-refractivity contribution < 1.29 is 4.79 Å². The number of thiophene rings is 1. The predicted molar refractivity (Wildman–Crippen MR) is 122 cm³/mol. The molecule has 0 spiro atoms. The van der Waals surface area contributed by atoms with Crippen LogP contribution in [0.4, 0.5) is 5.82 Å². The number of aryl methyl sites for hydroxylation is 1. The molecule has 7 heteroatoms. The van der Waals surface area contributed by atoms with Crippen LogP contribution in [-0.2, 0) is 6.54 Å². The minimum Gasteiger partial charge on any atom is -0.356 e. The second-order valence-corrected chi connectivity index (χ2v) is 10.5. The zero-order chi connectivity index (χ0) is 20.2. The summed E-state index contributed by atoms with van der Waals surface area (Å²) in [5, 5.41) is 3.11. The van der Waals surface area contributed by atoms with E-state index in [-0.39, 0.29) is 5.91 Å². The molecule has 4 rings (SSSR count). The van der Waals surface area contributed by atoms with E-state index < -0.39 is 0 Å². The van der Waals surface area contributed by atoms with Gasteiger partial charge in [0, 0.05) is 54.3 Å². The third-order valence-electron chi connectivity index (χ3n) is 5.78. The molecule has 1 N–H and O–H groups in total. The molecular formula is C22H30N4OS2. The highest BCUT2D eigenvalue weighted by Crippen LogP contribution is 2.34. The largest absolute Gasteiger partial charge is 0.356 e. The maximum atomic E-state index is 12.8. The van der Waals surface area contributed by atoms with E-state index in [1.54, 1.807) is 11.3 Å². The molecule has 0 radical (unpaired) electrons. The van der Waals surface area contributed by atoms with E-state index in [1.807, 2.05) is 24.2 Å². The molecule has 0 aromatic carbocycles. The zero-order valence-electron chi connectivity index (χ0n) is 17.3. The molecular weight excluding hydrogens is 400 g/mol. The summed E-state index contributed by atoms with van der Waals surface area (Å²) in [7, 11) is 0. The fourth-order valence-corrected chi connectivity index (χ4v) is 6.04. The van der Waals surface area contributed by atoms with Gasteiger partial charge in [-0.1, -0.05) is 13.0 Å². The average Bonchev–Trinajstić information content (AvgIpc) is 3.39. The standard InChI is InChI=1S/C22H30N4OS2/c1-16-7-12-26(13-8-16)29-19-14-20(28-17(19)2)22(27)24-15-18-6-5-9-23-21(18)25-10-3-4-11-25/h5-6,9,14,16H,3-4,7-8,10-13,15H2,1-2H3,(H,24,27). The van der Waals surface area contributed by atoms with Crippen molar-refractivity contribution in [2.24, 2.45) is 5.92 Å². The number of anilines is 1. The summed E-state index contributed by atoms with van der Waals surface area (Å²) < 4.78 is 2.44. The van der Waals surface area contributed by atoms with Crippen LogP contribution in [0.3, 0.4) is 0 Å². The minimum absolute atomic E-state index is 0.00782. The smallest absolute Gasteiger partial charge is 0.261 e. The third kappa shape index (κ3) is 5.13. The first kappa shape index (κ1) is 20.7. The maximum Gasteiger partial charge on any atom is 0.261 e. The minimum atomic E-state index is 0.00782. The lowest BCUT2D eigenvalue weighted by atomic mass is 10.0. The van der Waals surface area contributed by atoms with E-state index in [9.17, 15) is 4.79 Å². The lowest BCUT2D eigenvalue weighted by molar-refractivity contribution is 0.0955. The van der Waals surface area contributed by atoms with Crippen molar-refractivity contribution in [2.75, 3.05) is 31.1 Å². The Morgan fingerprint density at radius 3 is 2.79 bits per heavy atom. The van der Waals surface area contributed by atoms with Crippen LogP contribution in [0.25, 0.3) is 0 Å². The van der Waals surface area contributed by atoms with E-state index in [0.29, 0.717) is 6.54 Å². The van der Waals surface area contributed by atoms with E-state index in [2.05, 4.69) is 45.5 Å². The van der Waals surface area contributed by atoms with Crippen LogP contribution in [0.5, 0.6) is 0 Å². The fraction of sp³-hybridized carbons (Fsp3) is 0.545. The maximum absolute atomic E-state index is 12.8. The second-order valence-electron chi connectivity index (χ2n) is 8.10. The van der Waals surface area contributed by atoms with Crippen LogP contribution in [0.15, 0.2) is 29.3 Å². The highest BCUT2D eigenvalue weighted by atomic mass is 32.2. The molecule has 2 aromatic heterocycles. The molecule has 4 heterocycles. The van der Waals surface area contributed by atoms with Crippen LogP contribution in [-0.4, -0.2) is 41.4 Å². The van der Waals surface area contributed by atoms with Crippen molar-refractivity contribution in [2.45, 2.75) is 51.0 Å². The molecule has 0 unspecified atom stereocenters. The van der Waals surface area contributed by atoms with Gasteiger partial charge in [-0.25, -0.2) is 9.29 Å². The summed E-state index contributed by atoms with van der Waals surface area (Å²) in [6.07, 6.45) is 6.79. The van der Waals surface area contributed by atoms with Crippen molar-refractivity contribution in [3.8, 4) is 0 Å². The highest BCUT2D eigenvalue weighted by molar-refractivity contribution is 7.97. The first-order valence-electron chi connectivity index (χ1n) is 10.6. The number of carbonyl (C=O) groups excluding carboxylic acids is 1. The number of hydrogen-bond donors (Lipinski definition) is 1. The molecule has 156 valence electrons. The van der Waals surface area contributed by atoms with Gasteiger partial charge in [0.05, 0.1) is 4.88 Å². The van der Waals surface area contributed by atoms with Crippen molar-refractivity contribution in [1.82, 2.24) is 14.6 Å². The number of piperidine rings is 1. The monoisotopic (exact) mass is 430 g/mol. The summed E-state index contributed by atoms with van der Waals surface area (Å²) in [6, 6.07) is 6.08. The Morgan fingerprint density at radius 2 is 2.03 bits per heavy atom. The van der Waals surface area contributed by atoms with Crippen molar-refractivity contribution in [3.63, 3.8) is 0 Å². The topological polar surface area (TPSA) is 48.5 Å². The van der Waals surface area contributed by atoms with Crippen LogP contribution < -0.4 is 10.2 Å². The Bertz CT molecular complexity index is 839. The Hall–Kier alpha value is -1.57. The molecule has 29 heavy (non-hydrogen) atoms. The number of nitrogens with zero attached hydrogens (tertiary/aromatic N) is 3. The summed E-state index contributed by atoms with van der Waals surface area (Å²) in [5.74, 6) is 1.85. The van der Waals surface area contributed by atoms with Crippen LogP contribution >= 0.6 is 23.3 Å². The molecule has 2 fully saturated rings. The number of aromatic nitrogens is 1. The molecule has 2 aliphatic rings. The van der Waals surface area contributed by atoms with Crippen LogP contribution in [0.1, 0.15) is 52.7 Å². The van der Waals surface area contributed by atoms with E-state index in [1.165, 1.54) is 35.5 Å². The van der Waals surface area contributed by atoms with Gasteiger partial charge in [-0.15, -0.1) is 11.3 Å². The van der Waals surface area contributed by atoms with Gasteiger partial charge in [0.2, 0.25) is 0 Å². The van der Waals surface area contributed by atoms with Crippen LogP contribution in [0.2, 0.25) is 0 Å². The van der Waals surface area contributed by atoms with Crippen molar-refractivity contribution >= 4 is 35.0 Å². The predicted octanol–water partition coefficient (Wildman–Crippen LogP) is 4.72. The SMILES string of the molecule is Cc1sc(C(=O)NCc2cccnc2N2CCCC2)cc1SN1CCC(C)CC1. The first-order valence-corrected chi connectivity index (χ1v) is 12.2.